The highest BCUT2D eigenvalue weighted by Gasteiger charge is 2.19. The SMILES string of the molecule is CC(C)(C)/C(O)=C/C(=N)NC(=O)c1ccc(Cl)c(Nc2ncnc3cnc(N4CCCCC4)nc23)c1. The summed E-state index contributed by atoms with van der Waals surface area (Å²) in [7, 11) is 0. The number of amidine groups is 1. The molecule has 11 heteroatoms. The van der Waals surface area contributed by atoms with Gasteiger partial charge in [0.05, 0.1) is 16.9 Å². The molecule has 4 N–H and O–H groups in total. The van der Waals surface area contributed by atoms with Gasteiger partial charge < -0.3 is 20.6 Å². The van der Waals surface area contributed by atoms with E-state index in [4.69, 9.17) is 22.0 Å². The van der Waals surface area contributed by atoms with E-state index in [-0.39, 0.29) is 17.2 Å². The number of hydrogen-bond donors (Lipinski definition) is 4. The number of aliphatic hydroxyl groups excluding tert-OH is 1. The number of fused-ring (bicyclic) bond motifs is 1. The number of aromatic nitrogens is 4. The van der Waals surface area contributed by atoms with Crippen molar-refractivity contribution in [3.63, 3.8) is 0 Å². The molecule has 0 spiro atoms. The second-order valence-electron chi connectivity index (χ2n) is 9.64. The van der Waals surface area contributed by atoms with Gasteiger partial charge in [-0.05, 0) is 37.5 Å². The number of amides is 1. The van der Waals surface area contributed by atoms with Crippen molar-refractivity contribution >= 4 is 51.8 Å². The average molecular weight is 509 g/mol. The minimum atomic E-state index is -0.536. The first-order valence-electron chi connectivity index (χ1n) is 11.7. The van der Waals surface area contributed by atoms with Gasteiger partial charge in [-0.2, -0.15) is 0 Å². The zero-order valence-electron chi connectivity index (χ0n) is 20.5. The Morgan fingerprint density at radius 2 is 1.92 bits per heavy atom. The smallest absolute Gasteiger partial charge is 0.256 e. The van der Waals surface area contributed by atoms with Crippen LogP contribution in [0.3, 0.4) is 0 Å². The number of aliphatic hydroxyl groups is 1. The lowest BCUT2D eigenvalue weighted by molar-refractivity contribution is 0.0977. The Labute approximate surface area is 214 Å². The molecule has 0 unspecified atom stereocenters. The summed E-state index contributed by atoms with van der Waals surface area (Å²) in [6.07, 6.45) is 7.72. The lowest BCUT2D eigenvalue weighted by atomic mass is 9.93. The summed E-state index contributed by atoms with van der Waals surface area (Å²) in [4.78, 5) is 32.7. The van der Waals surface area contributed by atoms with Crippen molar-refractivity contribution in [3.05, 3.63) is 53.1 Å². The van der Waals surface area contributed by atoms with E-state index in [1.54, 1.807) is 24.4 Å². The number of carbonyl (C=O) groups is 1. The van der Waals surface area contributed by atoms with Crippen LogP contribution in [0.25, 0.3) is 11.0 Å². The first kappa shape index (κ1) is 25.3. The van der Waals surface area contributed by atoms with Crippen LogP contribution in [0.4, 0.5) is 17.5 Å². The third-order valence-corrected chi connectivity index (χ3v) is 6.11. The highest BCUT2D eigenvalue weighted by atomic mass is 35.5. The molecule has 3 aromatic rings. The van der Waals surface area contributed by atoms with Crippen molar-refractivity contribution in [1.82, 2.24) is 25.3 Å². The highest BCUT2D eigenvalue weighted by molar-refractivity contribution is 6.33. The summed E-state index contributed by atoms with van der Waals surface area (Å²) >= 11 is 6.42. The maximum Gasteiger partial charge on any atom is 0.256 e. The second-order valence-corrected chi connectivity index (χ2v) is 10.0. The van der Waals surface area contributed by atoms with Gasteiger partial charge in [0.25, 0.3) is 5.91 Å². The summed E-state index contributed by atoms with van der Waals surface area (Å²) in [6.45, 7) is 7.23. The van der Waals surface area contributed by atoms with E-state index < -0.39 is 11.3 Å². The van der Waals surface area contributed by atoms with Crippen LogP contribution in [0.1, 0.15) is 50.4 Å². The van der Waals surface area contributed by atoms with Crippen LogP contribution in [0.5, 0.6) is 0 Å². The number of nitrogens with zero attached hydrogens (tertiary/aromatic N) is 5. The molecular weight excluding hydrogens is 480 g/mol. The van der Waals surface area contributed by atoms with Gasteiger partial charge in [-0.15, -0.1) is 0 Å². The number of anilines is 3. The van der Waals surface area contributed by atoms with Crippen LogP contribution in [0, 0.1) is 10.8 Å². The van der Waals surface area contributed by atoms with Gasteiger partial charge in [0, 0.05) is 30.1 Å². The van der Waals surface area contributed by atoms with Crippen molar-refractivity contribution < 1.29 is 9.90 Å². The predicted octanol–water partition coefficient (Wildman–Crippen LogP) is 5.00. The van der Waals surface area contributed by atoms with Gasteiger partial charge in [-0.3, -0.25) is 10.2 Å². The lowest BCUT2D eigenvalue weighted by Crippen LogP contribution is -2.31. The molecule has 36 heavy (non-hydrogen) atoms. The van der Waals surface area contributed by atoms with Crippen molar-refractivity contribution in [2.24, 2.45) is 5.41 Å². The molecule has 1 fully saturated rings. The van der Waals surface area contributed by atoms with E-state index in [0.717, 1.165) is 25.9 Å². The van der Waals surface area contributed by atoms with Gasteiger partial charge in [0.15, 0.2) is 5.82 Å². The molecule has 188 valence electrons. The zero-order valence-corrected chi connectivity index (χ0v) is 21.2. The first-order chi connectivity index (χ1) is 17.1. The van der Waals surface area contributed by atoms with Crippen LogP contribution in [-0.4, -0.2) is 49.9 Å². The fourth-order valence-corrected chi connectivity index (χ4v) is 3.82. The topological polar surface area (TPSA) is 140 Å². The fourth-order valence-electron chi connectivity index (χ4n) is 3.66. The van der Waals surface area contributed by atoms with Gasteiger partial charge in [0.1, 0.15) is 29.0 Å². The van der Waals surface area contributed by atoms with E-state index in [2.05, 4.69) is 30.5 Å². The van der Waals surface area contributed by atoms with Gasteiger partial charge in [-0.1, -0.05) is 32.4 Å². The Kier molecular flexibility index (Phi) is 7.35. The third kappa shape index (κ3) is 5.88. The Balaban J connectivity index is 1.58. The van der Waals surface area contributed by atoms with Crippen molar-refractivity contribution in [1.29, 1.82) is 5.41 Å². The van der Waals surface area contributed by atoms with Crippen molar-refractivity contribution in [3.8, 4) is 0 Å². The molecule has 0 bridgehead atoms. The standard InChI is InChI=1S/C25H29ClN8O2/c1-25(2,3)19(35)12-20(27)32-23(36)15-7-8-16(26)17(11-15)31-22-21-18(29-14-30-22)13-28-24(33-21)34-9-5-4-6-10-34/h7-8,11-14,35H,4-6,9-10H2,1-3H3,(H2,27,32,36)(H,29,30,31)/b19-12-. The molecule has 1 aliphatic rings. The Morgan fingerprint density at radius 1 is 1.17 bits per heavy atom. The molecule has 4 rings (SSSR count). The molecule has 0 radical (unpaired) electrons. The highest BCUT2D eigenvalue weighted by Crippen LogP contribution is 2.29. The number of benzene rings is 1. The van der Waals surface area contributed by atoms with Crippen molar-refractivity contribution in [2.75, 3.05) is 23.3 Å². The molecule has 1 saturated heterocycles. The maximum absolute atomic E-state index is 12.7. The van der Waals surface area contributed by atoms with Crippen LogP contribution in [0.2, 0.25) is 5.02 Å². The fraction of sp³-hybridized carbons (Fsp3) is 0.360. The summed E-state index contributed by atoms with van der Waals surface area (Å²) < 4.78 is 0. The Bertz CT molecular complexity index is 1330. The van der Waals surface area contributed by atoms with Gasteiger partial charge in [-0.25, -0.2) is 19.9 Å². The third-order valence-electron chi connectivity index (χ3n) is 5.78. The molecule has 1 aromatic carbocycles. The van der Waals surface area contributed by atoms with Crippen molar-refractivity contribution in [2.45, 2.75) is 40.0 Å². The average Bonchev–Trinajstić information content (AvgIpc) is 2.85. The molecule has 1 aliphatic heterocycles. The summed E-state index contributed by atoms with van der Waals surface area (Å²) in [5.74, 6) is 0.323. The minimum absolute atomic E-state index is 0.00665. The van der Waals surface area contributed by atoms with E-state index in [9.17, 15) is 9.90 Å². The molecule has 0 aliphatic carbocycles. The number of carbonyl (C=O) groups excluding carboxylic acids is 1. The molecule has 3 heterocycles. The number of allylic oxidation sites excluding steroid dienone is 1. The number of rotatable bonds is 5. The molecule has 0 saturated carbocycles. The summed E-state index contributed by atoms with van der Waals surface area (Å²) in [5.41, 5.74) is 1.31. The monoisotopic (exact) mass is 508 g/mol. The summed E-state index contributed by atoms with van der Waals surface area (Å²) in [5, 5.41) is 24.1. The van der Waals surface area contributed by atoms with Gasteiger partial charge in [0.2, 0.25) is 5.95 Å². The van der Waals surface area contributed by atoms with Crippen LogP contribution in [0.15, 0.2) is 42.6 Å². The van der Waals surface area contributed by atoms with Gasteiger partial charge >= 0.3 is 0 Å². The van der Waals surface area contributed by atoms with Crippen LogP contribution >= 0.6 is 11.6 Å². The second kappa shape index (κ2) is 10.4. The first-order valence-corrected chi connectivity index (χ1v) is 12.1. The Morgan fingerprint density at radius 3 is 2.64 bits per heavy atom. The molecular formula is C25H29ClN8O2. The lowest BCUT2D eigenvalue weighted by Gasteiger charge is -2.26. The number of halogens is 1. The van der Waals surface area contributed by atoms with Crippen LogP contribution in [-0.2, 0) is 0 Å². The zero-order chi connectivity index (χ0) is 25.9. The number of piperidine rings is 1. The van der Waals surface area contributed by atoms with E-state index in [1.807, 2.05) is 20.8 Å². The number of nitrogens with one attached hydrogen (secondary N) is 3. The van der Waals surface area contributed by atoms with E-state index in [0.29, 0.717) is 33.5 Å². The normalized spacial score (nSPS) is 14.6. The van der Waals surface area contributed by atoms with E-state index >= 15 is 0 Å². The molecule has 0 atom stereocenters. The quantitative estimate of drug-likeness (QED) is 0.214. The largest absolute Gasteiger partial charge is 0.512 e. The van der Waals surface area contributed by atoms with Crippen LogP contribution < -0.4 is 15.5 Å². The Hall–Kier alpha value is -3.79. The van der Waals surface area contributed by atoms with E-state index in [1.165, 1.54) is 18.8 Å². The molecule has 10 nitrogen and oxygen atoms in total. The molecule has 2 aromatic heterocycles. The molecule has 1 amide bonds. The summed E-state index contributed by atoms with van der Waals surface area (Å²) in [6, 6.07) is 4.71. The predicted molar refractivity (Wildman–Crippen MR) is 141 cm³/mol. The number of hydrogen-bond acceptors (Lipinski definition) is 9. The minimum Gasteiger partial charge on any atom is -0.512 e. The maximum atomic E-state index is 12.7.